The number of nitrogens with two attached hydrogens (primary N) is 1. The quantitative estimate of drug-likeness (QED) is 0.933. The van der Waals surface area contributed by atoms with Crippen LogP contribution in [0.4, 0.5) is 10.1 Å². The molecule has 1 aliphatic rings. The first-order valence-corrected chi connectivity index (χ1v) is 7.14. The van der Waals surface area contributed by atoms with Crippen molar-refractivity contribution in [1.29, 1.82) is 0 Å². The smallest absolute Gasteiger partial charge is 0.123 e. The maximum Gasteiger partial charge on any atom is 0.123 e. The molecule has 1 unspecified atom stereocenters. The molecule has 0 saturated heterocycles. The van der Waals surface area contributed by atoms with Crippen molar-refractivity contribution in [2.24, 2.45) is 10.8 Å². The van der Waals surface area contributed by atoms with E-state index in [2.05, 4.69) is 0 Å². The summed E-state index contributed by atoms with van der Waals surface area (Å²) in [6.45, 7) is 0.595. The number of anilines is 1. The van der Waals surface area contributed by atoms with E-state index in [1.807, 2.05) is 47.5 Å². The number of benzene rings is 2. The summed E-state index contributed by atoms with van der Waals surface area (Å²) in [4.78, 5) is 0. The van der Waals surface area contributed by atoms with Crippen molar-refractivity contribution in [3.63, 3.8) is 0 Å². The van der Waals surface area contributed by atoms with Crippen LogP contribution in [0.25, 0.3) is 0 Å². The van der Waals surface area contributed by atoms with Gasteiger partial charge in [-0.2, -0.15) is 5.10 Å². The highest BCUT2D eigenvalue weighted by Crippen LogP contribution is 2.35. The monoisotopic (exact) mass is 283 g/mol. The van der Waals surface area contributed by atoms with Crippen LogP contribution in [0.5, 0.6) is 0 Å². The Kier molecular flexibility index (Phi) is 3.97. The minimum absolute atomic E-state index is 0.106. The molecular formula is C17H18FN3. The second-order valence-electron chi connectivity index (χ2n) is 5.16. The normalized spacial score (nSPS) is 17.9. The summed E-state index contributed by atoms with van der Waals surface area (Å²) in [6.07, 6.45) is 1.62. The fraction of sp³-hybridized carbons (Fsp3) is 0.235. The van der Waals surface area contributed by atoms with Crippen LogP contribution in [-0.4, -0.2) is 12.3 Å². The summed E-state index contributed by atoms with van der Waals surface area (Å²) in [6, 6.07) is 16.8. The van der Waals surface area contributed by atoms with Gasteiger partial charge in [0.15, 0.2) is 0 Å². The first-order chi connectivity index (χ1) is 10.3. The Balaban J connectivity index is 1.93. The third-order valence-electron chi connectivity index (χ3n) is 3.68. The minimum atomic E-state index is -0.217. The zero-order valence-corrected chi connectivity index (χ0v) is 11.7. The van der Waals surface area contributed by atoms with E-state index in [9.17, 15) is 4.39 Å². The summed E-state index contributed by atoms with van der Waals surface area (Å²) in [5.74, 6) is -0.217. The summed E-state index contributed by atoms with van der Waals surface area (Å²) in [5, 5.41) is 6.72. The Labute approximate surface area is 123 Å². The molecule has 2 aromatic carbocycles. The molecule has 1 heterocycles. The molecule has 108 valence electrons. The van der Waals surface area contributed by atoms with E-state index in [0.717, 1.165) is 29.8 Å². The van der Waals surface area contributed by atoms with Crippen molar-refractivity contribution < 1.29 is 4.39 Å². The van der Waals surface area contributed by atoms with Crippen LogP contribution in [0.1, 0.15) is 24.4 Å². The number of para-hydroxylation sites is 1. The van der Waals surface area contributed by atoms with Gasteiger partial charge in [-0.05, 0) is 42.8 Å². The number of halogens is 1. The van der Waals surface area contributed by atoms with Gasteiger partial charge in [-0.15, -0.1) is 0 Å². The van der Waals surface area contributed by atoms with Crippen molar-refractivity contribution in [2.45, 2.75) is 18.9 Å². The van der Waals surface area contributed by atoms with E-state index in [-0.39, 0.29) is 11.9 Å². The van der Waals surface area contributed by atoms with E-state index in [0.29, 0.717) is 6.54 Å². The van der Waals surface area contributed by atoms with Crippen LogP contribution in [0, 0.1) is 5.82 Å². The number of hydrogen-bond acceptors (Lipinski definition) is 3. The molecule has 0 bridgehead atoms. The van der Waals surface area contributed by atoms with Crippen molar-refractivity contribution in [3.05, 3.63) is 66.0 Å². The first kappa shape index (κ1) is 13.8. The molecule has 21 heavy (non-hydrogen) atoms. The van der Waals surface area contributed by atoms with Crippen LogP contribution in [0.3, 0.4) is 0 Å². The van der Waals surface area contributed by atoms with Crippen molar-refractivity contribution in [1.82, 2.24) is 0 Å². The number of nitrogens with zero attached hydrogens (tertiary/aromatic N) is 2. The van der Waals surface area contributed by atoms with E-state index in [1.165, 1.54) is 12.1 Å². The maximum absolute atomic E-state index is 13.1. The van der Waals surface area contributed by atoms with Gasteiger partial charge in [0, 0.05) is 12.1 Å². The number of hydrogen-bond donors (Lipinski definition) is 1. The maximum atomic E-state index is 13.1. The van der Waals surface area contributed by atoms with Crippen LogP contribution < -0.4 is 10.7 Å². The fourth-order valence-corrected chi connectivity index (χ4v) is 2.65. The highest BCUT2D eigenvalue weighted by atomic mass is 19.1. The third kappa shape index (κ3) is 2.95. The highest BCUT2D eigenvalue weighted by Gasteiger charge is 2.28. The standard InChI is InChI=1S/C17H18FN3/c18-14-8-6-13(7-9-14)17-12-15(10-11-19)20-21(17)16-4-2-1-3-5-16/h1-9,17H,10-12,19H2. The summed E-state index contributed by atoms with van der Waals surface area (Å²) < 4.78 is 13.1. The van der Waals surface area contributed by atoms with Gasteiger partial charge in [0.1, 0.15) is 5.82 Å². The molecule has 0 amide bonds. The van der Waals surface area contributed by atoms with Crippen molar-refractivity contribution >= 4 is 11.4 Å². The van der Waals surface area contributed by atoms with Crippen molar-refractivity contribution in [3.8, 4) is 0 Å². The Morgan fingerprint density at radius 2 is 1.81 bits per heavy atom. The molecule has 3 nitrogen and oxygen atoms in total. The van der Waals surface area contributed by atoms with Gasteiger partial charge in [0.05, 0.1) is 11.7 Å². The second-order valence-corrected chi connectivity index (χ2v) is 5.16. The van der Waals surface area contributed by atoms with Crippen LogP contribution in [0.15, 0.2) is 59.7 Å². The van der Waals surface area contributed by atoms with Crippen LogP contribution in [-0.2, 0) is 0 Å². The van der Waals surface area contributed by atoms with Gasteiger partial charge >= 0.3 is 0 Å². The zero-order chi connectivity index (χ0) is 14.7. The molecule has 1 aliphatic heterocycles. The molecule has 3 rings (SSSR count). The molecule has 0 fully saturated rings. The van der Waals surface area contributed by atoms with E-state index >= 15 is 0 Å². The largest absolute Gasteiger partial charge is 0.330 e. The molecule has 0 saturated carbocycles. The Morgan fingerprint density at radius 3 is 2.48 bits per heavy atom. The lowest BCUT2D eigenvalue weighted by Crippen LogP contribution is -2.18. The van der Waals surface area contributed by atoms with Crippen LogP contribution >= 0.6 is 0 Å². The lowest BCUT2D eigenvalue weighted by atomic mass is 10.0. The first-order valence-electron chi connectivity index (χ1n) is 7.14. The Hall–Kier alpha value is -2.20. The minimum Gasteiger partial charge on any atom is -0.330 e. The van der Waals surface area contributed by atoms with Crippen molar-refractivity contribution in [2.75, 3.05) is 11.6 Å². The van der Waals surface area contributed by atoms with Gasteiger partial charge in [-0.1, -0.05) is 30.3 Å². The topological polar surface area (TPSA) is 41.6 Å². The highest BCUT2D eigenvalue weighted by molar-refractivity contribution is 5.89. The average Bonchev–Trinajstić information content (AvgIpc) is 2.93. The Morgan fingerprint density at radius 1 is 1.10 bits per heavy atom. The molecule has 0 aromatic heterocycles. The van der Waals surface area contributed by atoms with Gasteiger partial charge in [0.2, 0.25) is 0 Å². The molecule has 1 atom stereocenters. The molecule has 0 aliphatic carbocycles. The zero-order valence-electron chi connectivity index (χ0n) is 11.7. The third-order valence-corrected chi connectivity index (χ3v) is 3.68. The van der Waals surface area contributed by atoms with Gasteiger partial charge < -0.3 is 5.73 Å². The Bertz CT molecular complexity index is 622. The summed E-state index contributed by atoms with van der Waals surface area (Å²) in [7, 11) is 0. The fourth-order valence-electron chi connectivity index (χ4n) is 2.65. The molecule has 0 spiro atoms. The van der Waals surface area contributed by atoms with E-state index in [4.69, 9.17) is 10.8 Å². The molecular weight excluding hydrogens is 265 g/mol. The average molecular weight is 283 g/mol. The summed E-state index contributed by atoms with van der Waals surface area (Å²) in [5.41, 5.74) is 8.85. The molecule has 2 aromatic rings. The molecule has 2 N–H and O–H groups in total. The van der Waals surface area contributed by atoms with Crippen LogP contribution in [0.2, 0.25) is 0 Å². The predicted octanol–water partition coefficient (Wildman–Crippen LogP) is 3.48. The van der Waals surface area contributed by atoms with Gasteiger partial charge in [-0.3, -0.25) is 5.01 Å². The van der Waals surface area contributed by atoms with Gasteiger partial charge in [0.25, 0.3) is 0 Å². The lowest BCUT2D eigenvalue weighted by Gasteiger charge is -2.24. The lowest BCUT2D eigenvalue weighted by molar-refractivity contribution is 0.624. The predicted molar refractivity (Wildman–Crippen MR) is 83.8 cm³/mol. The molecule has 0 radical (unpaired) electrons. The number of rotatable bonds is 4. The number of hydrazone groups is 1. The second kappa shape index (κ2) is 6.06. The summed E-state index contributed by atoms with van der Waals surface area (Å²) >= 11 is 0. The van der Waals surface area contributed by atoms with Gasteiger partial charge in [-0.25, -0.2) is 4.39 Å². The SMILES string of the molecule is NCCC1=NN(c2ccccc2)C(c2ccc(F)cc2)C1. The molecule has 4 heteroatoms. The van der Waals surface area contributed by atoms with E-state index < -0.39 is 0 Å². The van der Waals surface area contributed by atoms with E-state index in [1.54, 1.807) is 0 Å².